The third-order valence-corrected chi connectivity index (χ3v) is 2.06. The summed E-state index contributed by atoms with van der Waals surface area (Å²) in [5.74, 6) is -1.16. The predicted octanol–water partition coefficient (Wildman–Crippen LogP) is -0.240. The maximum Gasteiger partial charge on any atom is 0.332 e. The van der Waals surface area contributed by atoms with Gasteiger partial charge in [0.25, 0.3) is 5.91 Å². The molecule has 17 heavy (non-hydrogen) atoms. The Morgan fingerprint density at radius 1 is 1.35 bits per heavy atom. The van der Waals surface area contributed by atoms with Crippen LogP contribution < -0.4 is 5.73 Å². The average Bonchev–Trinajstić information content (AvgIpc) is 2.26. The summed E-state index contributed by atoms with van der Waals surface area (Å²) < 4.78 is 9.97. The van der Waals surface area contributed by atoms with Crippen LogP contribution in [0, 0.1) is 0 Å². The SMILES string of the molecule is CCOC(=O)C(N)C(=O)N(C)CCOC(C)C. The topological polar surface area (TPSA) is 81.9 Å². The van der Waals surface area contributed by atoms with Crippen LogP contribution in [0.15, 0.2) is 0 Å². The molecule has 1 atom stereocenters. The molecular weight excluding hydrogens is 224 g/mol. The first-order valence-corrected chi connectivity index (χ1v) is 5.68. The van der Waals surface area contributed by atoms with Crippen molar-refractivity contribution in [3.63, 3.8) is 0 Å². The third-order valence-electron chi connectivity index (χ3n) is 2.06. The van der Waals surface area contributed by atoms with E-state index in [1.54, 1.807) is 14.0 Å². The van der Waals surface area contributed by atoms with Crippen molar-refractivity contribution in [2.45, 2.75) is 32.9 Å². The van der Waals surface area contributed by atoms with Crippen LogP contribution in [-0.4, -0.2) is 55.7 Å². The minimum atomic E-state index is -1.25. The zero-order chi connectivity index (χ0) is 13.4. The average molecular weight is 246 g/mol. The van der Waals surface area contributed by atoms with Crippen LogP contribution in [0.2, 0.25) is 0 Å². The molecule has 0 aliphatic carbocycles. The maximum atomic E-state index is 11.7. The molecule has 0 aromatic carbocycles. The molecule has 2 N–H and O–H groups in total. The van der Waals surface area contributed by atoms with Crippen LogP contribution in [0.5, 0.6) is 0 Å². The number of rotatable bonds is 7. The summed E-state index contributed by atoms with van der Waals surface area (Å²) in [5.41, 5.74) is 5.47. The first-order chi connectivity index (χ1) is 7.90. The third kappa shape index (κ3) is 6.23. The summed E-state index contributed by atoms with van der Waals surface area (Å²) in [6.45, 7) is 6.49. The molecule has 1 unspecified atom stereocenters. The van der Waals surface area contributed by atoms with Crippen LogP contribution >= 0.6 is 0 Å². The fraction of sp³-hybridized carbons (Fsp3) is 0.818. The molecule has 0 saturated carbocycles. The van der Waals surface area contributed by atoms with Crippen molar-refractivity contribution in [2.24, 2.45) is 5.73 Å². The summed E-state index contributed by atoms with van der Waals surface area (Å²) in [7, 11) is 1.57. The van der Waals surface area contributed by atoms with Crippen molar-refractivity contribution < 1.29 is 19.1 Å². The van der Waals surface area contributed by atoms with Crippen molar-refractivity contribution in [1.82, 2.24) is 4.90 Å². The van der Waals surface area contributed by atoms with Crippen molar-refractivity contribution in [2.75, 3.05) is 26.8 Å². The Morgan fingerprint density at radius 2 is 1.94 bits per heavy atom. The number of hydrogen-bond donors (Lipinski definition) is 1. The van der Waals surface area contributed by atoms with E-state index in [1.165, 1.54) is 4.90 Å². The Balaban J connectivity index is 4.07. The quantitative estimate of drug-likeness (QED) is 0.495. The number of nitrogens with two attached hydrogens (primary N) is 1. The van der Waals surface area contributed by atoms with E-state index in [0.29, 0.717) is 13.2 Å². The second-order valence-electron chi connectivity index (χ2n) is 3.91. The minimum Gasteiger partial charge on any atom is -0.464 e. The van der Waals surface area contributed by atoms with Gasteiger partial charge in [-0.25, -0.2) is 4.79 Å². The first-order valence-electron chi connectivity index (χ1n) is 5.68. The molecule has 0 aromatic heterocycles. The van der Waals surface area contributed by atoms with Gasteiger partial charge in [0, 0.05) is 13.6 Å². The lowest BCUT2D eigenvalue weighted by Gasteiger charge is -2.20. The normalized spacial score (nSPS) is 12.4. The lowest BCUT2D eigenvalue weighted by Crippen LogP contribution is -2.48. The highest BCUT2D eigenvalue weighted by Crippen LogP contribution is 1.95. The van der Waals surface area contributed by atoms with Crippen LogP contribution in [0.1, 0.15) is 20.8 Å². The summed E-state index contributed by atoms with van der Waals surface area (Å²) in [6.07, 6.45) is 0.109. The molecular formula is C11H22N2O4. The van der Waals surface area contributed by atoms with Gasteiger partial charge in [-0.1, -0.05) is 0 Å². The minimum absolute atomic E-state index is 0.109. The van der Waals surface area contributed by atoms with Crippen molar-refractivity contribution in [1.29, 1.82) is 0 Å². The predicted molar refractivity (Wildman–Crippen MR) is 63.3 cm³/mol. The highest BCUT2D eigenvalue weighted by Gasteiger charge is 2.26. The van der Waals surface area contributed by atoms with Crippen molar-refractivity contribution in [3.05, 3.63) is 0 Å². The van der Waals surface area contributed by atoms with Gasteiger partial charge in [0.05, 0.1) is 19.3 Å². The number of carbonyl (C=O) groups excluding carboxylic acids is 2. The summed E-state index contributed by atoms with van der Waals surface area (Å²) in [6, 6.07) is -1.25. The van der Waals surface area contributed by atoms with E-state index in [2.05, 4.69) is 4.74 Å². The van der Waals surface area contributed by atoms with Crippen LogP contribution in [0.4, 0.5) is 0 Å². The smallest absolute Gasteiger partial charge is 0.332 e. The number of likely N-dealkylation sites (N-methyl/N-ethyl adjacent to an activating group) is 1. The second-order valence-corrected chi connectivity index (χ2v) is 3.91. The monoisotopic (exact) mass is 246 g/mol. The standard InChI is InChI=1S/C11H22N2O4/c1-5-16-11(15)9(12)10(14)13(4)6-7-17-8(2)3/h8-9H,5-7,12H2,1-4H3. The van der Waals surface area contributed by atoms with Gasteiger partial charge in [-0.3, -0.25) is 4.79 Å². The van der Waals surface area contributed by atoms with E-state index in [1.807, 2.05) is 13.8 Å². The highest BCUT2D eigenvalue weighted by atomic mass is 16.5. The van der Waals surface area contributed by atoms with Crippen LogP contribution in [0.3, 0.4) is 0 Å². The van der Waals surface area contributed by atoms with Crippen LogP contribution in [0.25, 0.3) is 0 Å². The van der Waals surface area contributed by atoms with Gasteiger partial charge in [0.2, 0.25) is 0 Å². The van der Waals surface area contributed by atoms with E-state index in [9.17, 15) is 9.59 Å². The molecule has 0 rings (SSSR count). The number of amides is 1. The van der Waals surface area contributed by atoms with E-state index < -0.39 is 17.9 Å². The molecule has 0 aromatic rings. The van der Waals surface area contributed by atoms with Gasteiger partial charge < -0.3 is 20.1 Å². The zero-order valence-electron chi connectivity index (χ0n) is 10.9. The number of hydrogen-bond acceptors (Lipinski definition) is 5. The summed E-state index contributed by atoms with van der Waals surface area (Å²) in [4.78, 5) is 24.3. The molecule has 0 aliphatic heterocycles. The number of ether oxygens (including phenoxy) is 2. The molecule has 0 fully saturated rings. The molecule has 6 nitrogen and oxygen atoms in total. The molecule has 0 radical (unpaired) electrons. The fourth-order valence-electron chi connectivity index (χ4n) is 1.11. The maximum absolute atomic E-state index is 11.7. The Kier molecular flexibility index (Phi) is 7.49. The Labute approximate surface area is 102 Å². The van der Waals surface area contributed by atoms with Gasteiger partial charge >= 0.3 is 5.97 Å². The molecule has 6 heteroatoms. The summed E-state index contributed by atoms with van der Waals surface area (Å²) in [5, 5.41) is 0. The van der Waals surface area contributed by atoms with Gasteiger partial charge in [-0.15, -0.1) is 0 Å². The Morgan fingerprint density at radius 3 is 2.41 bits per heavy atom. The molecule has 0 bridgehead atoms. The van der Waals surface area contributed by atoms with Crippen molar-refractivity contribution >= 4 is 11.9 Å². The van der Waals surface area contributed by atoms with Gasteiger partial charge in [-0.2, -0.15) is 0 Å². The van der Waals surface area contributed by atoms with Gasteiger partial charge in [0.15, 0.2) is 6.04 Å². The zero-order valence-corrected chi connectivity index (χ0v) is 10.9. The Hall–Kier alpha value is -1.14. The molecule has 0 heterocycles. The summed E-state index contributed by atoms with van der Waals surface area (Å²) >= 11 is 0. The highest BCUT2D eigenvalue weighted by molar-refractivity contribution is 6.01. The second kappa shape index (κ2) is 8.03. The fourth-order valence-corrected chi connectivity index (χ4v) is 1.11. The number of esters is 1. The van der Waals surface area contributed by atoms with E-state index in [0.717, 1.165) is 0 Å². The molecule has 0 aliphatic rings. The van der Waals surface area contributed by atoms with Crippen LogP contribution in [-0.2, 0) is 19.1 Å². The van der Waals surface area contributed by atoms with E-state index in [-0.39, 0.29) is 12.7 Å². The molecule has 1 amide bonds. The van der Waals surface area contributed by atoms with Gasteiger partial charge in [0.1, 0.15) is 0 Å². The Bertz CT molecular complexity index is 256. The van der Waals surface area contributed by atoms with E-state index >= 15 is 0 Å². The van der Waals surface area contributed by atoms with Gasteiger partial charge in [-0.05, 0) is 20.8 Å². The lowest BCUT2D eigenvalue weighted by molar-refractivity contribution is -0.150. The van der Waals surface area contributed by atoms with E-state index in [4.69, 9.17) is 10.5 Å². The molecule has 0 spiro atoms. The largest absolute Gasteiger partial charge is 0.464 e. The lowest BCUT2D eigenvalue weighted by atomic mass is 10.3. The molecule has 100 valence electrons. The number of nitrogens with zero attached hydrogens (tertiary/aromatic N) is 1. The first kappa shape index (κ1) is 15.9. The molecule has 0 saturated heterocycles. The van der Waals surface area contributed by atoms with Crippen molar-refractivity contribution in [3.8, 4) is 0 Å². The number of carbonyl (C=O) groups is 2.